The van der Waals surface area contributed by atoms with Crippen LogP contribution in [-0.4, -0.2) is 11.9 Å². The number of hydrogen-bond acceptors (Lipinski definition) is 4. The Morgan fingerprint density at radius 1 is 0.966 bits per heavy atom. The molecule has 144 valence electrons. The molecule has 1 aliphatic heterocycles. The lowest BCUT2D eigenvalue weighted by atomic mass is 10.2. The van der Waals surface area contributed by atoms with Gasteiger partial charge in [0.25, 0.3) is 0 Å². The van der Waals surface area contributed by atoms with E-state index in [2.05, 4.69) is 4.99 Å². The second-order valence-electron chi connectivity index (χ2n) is 6.30. The number of nitrogens with zero attached hydrogens (tertiary/aromatic N) is 1. The minimum atomic E-state index is -0.512. The Morgan fingerprint density at radius 2 is 1.79 bits per heavy atom. The number of benzene rings is 3. The quantitative estimate of drug-likeness (QED) is 0.378. The molecule has 0 N–H and O–H groups in total. The molecular weight excluding hydrogens is 409 g/mol. The fourth-order valence-corrected chi connectivity index (χ4v) is 3.16. The molecule has 0 bridgehead atoms. The van der Waals surface area contributed by atoms with Crippen LogP contribution in [-0.2, 0) is 16.1 Å². The highest BCUT2D eigenvalue weighted by Crippen LogP contribution is 2.23. The molecule has 0 saturated carbocycles. The van der Waals surface area contributed by atoms with E-state index in [1.807, 2.05) is 48.5 Å². The molecule has 0 atom stereocenters. The molecule has 29 heavy (non-hydrogen) atoms. The first-order valence-corrected chi connectivity index (χ1v) is 9.59. The molecule has 0 aliphatic carbocycles. The van der Waals surface area contributed by atoms with E-state index in [0.29, 0.717) is 28.0 Å². The van der Waals surface area contributed by atoms with Gasteiger partial charge in [-0.2, -0.15) is 0 Å². The van der Waals surface area contributed by atoms with Gasteiger partial charge in [0.2, 0.25) is 5.90 Å². The number of cyclic esters (lactones) is 1. The average Bonchev–Trinajstić information content (AvgIpc) is 3.08. The number of esters is 1. The van der Waals surface area contributed by atoms with Crippen molar-refractivity contribution in [2.45, 2.75) is 6.61 Å². The Labute approximate surface area is 178 Å². The smallest absolute Gasteiger partial charge is 0.363 e. The summed E-state index contributed by atoms with van der Waals surface area (Å²) in [6, 6.07) is 21.9. The third-order valence-corrected chi connectivity index (χ3v) is 4.81. The summed E-state index contributed by atoms with van der Waals surface area (Å²) in [7, 11) is 0. The van der Waals surface area contributed by atoms with Gasteiger partial charge in [0.15, 0.2) is 5.70 Å². The van der Waals surface area contributed by atoms with Crippen LogP contribution in [0.15, 0.2) is 83.5 Å². The van der Waals surface area contributed by atoms with E-state index < -0.39 is 5.97 Å². The van der Waals surface area contributed by atoms with E-state index >= 15 is 0 Å². The van der Waals surface area contributed by atoms with Crippen LogP contribution in [0.4, 0.5) is 0 Å². The van der Waals surface area contributed by atoms with Gasteiger partial charge in [-0.1, -0.05) is 59.6 Å². The monoisotopic (exact) mass is 423 g/mol. The molecule has 1 aliphatic rings. The van der Waals surface area contributed by atoms with Crippen LogP contribution in [0.1, 0.15) is 16.7 Å². The summed E-state index contributed by atoms with van der Waals surface area (Å²) in [6.45, 7) is 0.346. The fraction of sp³-hybridized carbons (Fsp3) is 0.0435. The Bertz CT molecular complexity index is 1140. The van der Waals surface area contributed by atoms with Gasteiger partial charge in [0.05, 0.1) is 0 Å². The van der Waals surface area contributed by atoms with Crippen molar-refractivity contribution < 1.29 is 14.3 Å². The largest absolute Gasteiger partial charge is 0.489 e. The van der Waals surface area contributed by atoms with Crippen molar-refractivity contribution in [3.8, 4) is 5.75 Å². The third-order valence-electron chi connectivity index (χ3n) is 4.21. The fourth-order valence-electron chi connectivity index (χ4n) is 2.78. The van der Waals surface area contributed by atoms with Gasteiger partial charge >= 0.3 is 5.97 Å². The first kappa shape index (κ1) is 19.2. The molecule has 0 aromatic heterocycles. The number of carbonyl (C=O) groups is 1. The Kier molecular flexibility index (Phi) is 5.65. The van der Waals surface area contributed by atoms with Crippen molar-refractivity contribution >= 4 is 41.1 Å². The average molecular weight is 424 g/mol. The van der Waals surface area contributed by atoms with Crippen LogP contribution in [0.3, 0.4) is 0 Å². The zero-order valence-electron chi connectivity index (χ0n) is 15.1. The molecule has 4 nitrogen and oxygen atoms in total. The SMILES string of the molecule is O=C1OC(c2cccc(Cl)c2)=N/C1=C/c1cccc(OCc2ccccc2Cl)c1. The van der Waals surface area contributed by atoms with Gasteiger partial charge in [0, 0.05) is 21.2 Å². The zero-order chi connectivity index (χ0) is 20.2. The number of aliphatic imine (C=N–C) groups is 1. The highest BCUT2D eigenvalue weighted by molar-refractivity contribution is 6.31. The van der Waals surface area contributed by atoms with Crippen LogP contribution in [0.25, 0.3) is 6.08 Å². The third kappa shape index (κ3) is 4.67. The standard InChI is InChI=1S/C23H15Cl2NO3/c24-18-8-4-7-16(13-18)22-26-21(23(27)29-22)12-15-5-3-9-19(11-15)28-14-17-6-1-2-10-20(17)25/h1-13H,14H2/b21-12+. The highest BCUT2D eigenvalue weighted by Gasteiger charge is 2.24. The van der Waals surface area contributed by atoms with Gasteiger partial charge in [-0.25, -0.2) is 9.79 Å². The van der Waals surface area contributed by atoms with Gasteiger partial charge < -0.3 is 9.47 Å². The number of ether oxygens (including phenoxy) is 2. The van der Waals surface area contributed by atoms with Gasteiger partial charge in [-0.15, -0.1) is 0 Å². The lowest BCUT2D eigenvalue weighted by molar-refractivity contribution is -0.129. The molecule has 4 rings (SSSR count). The van der Waals surface area contributed by atoms with E-state index in [4.69, 9.17) is 32.7 Å². The second kappa shape index (κ2) is 8.52. The molecule has 0 spiro atoms. The number of halogens is 2. The normalized spacial score (nSPS) is 14.6. The summed E-state index contributed by atoms with van der Waals surface area (Å²) in [6.07, 6.45) is 1.65. The minimum absolute atomic E-state index is 0.211. The van der Waals surface area contributed by atoms with Crippen LogP contribution in [0, 0.1) is 0 Å². The van der Waals surface area contributed by atoms with Crippen LogP contribution < -0.4 is 4.74 Å². The predicted octanol–water partition coefficient (Wildman–Crippen LogP) is 5.92. The maximum atomic E-state index is 12.2. The Morgan fingerprint density at radius 3 is 2.62 bits per heavy atom. The minimum Gasteiger partial charge on any atom is -0.489 e. The molecular formula is C23H15Cl2NO3. The Hall–Kier alpha value is -3.08. The number of rotatable bonds is 5. The van der Waals surface area contributed by atoms with Crippen molar-refractivity contribution in [3.63, 3.8) is 0 Å². The highest BCUT2D eigenvalue weighted by atomic mass is 35.5. The van der Waals surface area contributed by atoms with E-state index in [0.717, 1.165) is 11.1 Å². The summed E-state index contributed by atoms with van der Waals surface area (Å²) in [5.41, 5.74) is 2.52. The van der Waals surface area contributed by atoms with Crippen LogP contribution in [0.2, 0.25) is 10.0 Å². The lowest BCUT2D eigenvalue weighted by Gasteiger charge is -2.08. The Balaban J connectivity index is 1.53. The molecule has 0 amide bonds. The first-order chi connectivity index (χ1) is 14.1. The molecule has 3 aromatic rings. The maximum Gasteiger partial charge on any atom is 0.363 e. The molecule has 0 fully saturated rings. The molecule has 0 radical (unpaired) electrons. The lowest BCUT2D eigenvalue weighted by Crippen LogP contribution is -2.05. The molecule has 1 heterocycles. The van der Waals surface area contributed by atoms with E-state index in [1.165, 1.54) is 0 Å². The van der Waals surface area contributed by atoms with Crippen molar-refractivity contribution in [2.24, 2.45) is 4.99 Å². The van der Waals surface area contributed by atoms with E-state index in [-0.39, 0.29) is 11.6 Å². The van der Waals surface area contributed by atoms with Crippen molar-refractivity contribution in [3.05, 3.63) is 105 Å². The van der Waals surface area contributed by atoms with Crippen LogP contribution >= 0.6 is 23.2 Å². The summed E-state index contributed by atoms with van der Waals surface area (Å²) < 4.78 is 11.1. The van der Waals surface area contributed by atoms with E-state index in [9.17, 15) is 4.79 Å². The molecule has 0 saturated heterocycles. The van der Waals surface area contributed by atoms with E-state index in [1.54, 1.807) is 30.3 Å². The molecule has 0 unspecified atom stereocenters. The number of carbonyl (C=O) groups excluding carboxylic acids is 1. The maximum absolute atomic E-state index is 12.2. The van der Waals surface area contributed by atoms with Gasteiger partial charge in [-0.05, 0) is 48.0 Å². The van der Waals surface area contributed by atoms with Crippen molar-refractivity contribution in [1.82, 2.24) is 0 Å². The molecule has 6 heteroatoms. The summed E-state index contributed by atoms with van der Waals surface area (Å²) in [5.74, 6) is 0.377. The second-order valence-corrected chi connectivity index (χ2v) is 7.14. The number of hydrogen-bond donors (Lipinski definition) is 0. The zero-order valence-corrected chi connectivity index (χ0v) is 16.7. The predicted molar refractivity (Wildman–Crippen MR) is 114 cm³/mol. The topological polar surface area (TPSA) is 47.9 Å². The van der Waals surface area contributed by atoms with Crippen molar-refractivity contribution in [1.29, 1.82) is 0 Å². The van der Waals surface area contributed by atoms with Crippen molar-refractivity contribution in [2.75, 3.05) is 0 Å². The summed E-state index contributed by atoms with van der Waals surface area (Å²) in [4.78, 5) is 16.5. The van der Waals surface area contributed by atoms with Gasteiger partial charge in [0.1, 0.15) is 12.4 Å². The summed E-state index contributed by atoms with van der Waals surface area (Å²) in [5, 5.41) is 1.20. The first-order valence-electron chi connectivity index (χ1n) is 8.83. The summed E-state index contributed by atoms with van der Waals surface area (Å²) >= 11 is 12.2. The van der Waals surface area contributed by atoms with Gasteiger partial charge in [-0.3, -0.25) is 0 Å². The molecule has 3 aromatic carbocycles. The van der Waals surface area contributed by atoms with Crippen LogP contribution in [0.5, 0.6) is 5.75 Å².